The number of piperidine rings is 1. The number of likely N-dealkylation sites (tertiary alicyclic amines) is 1. The van der Waals surface area contributed by atoms with Crippen LogP contribution >= 0.6 is 0 Å². The average Bonchev–Trinajstić information content (AvgIpc) is 2.54. The summed E-state index contributed by atoms with van der Waals surface area (Å²) in [5.41, 5.74) is -0.768. The number of hydrogen-bond acceptors (Lipinski definition) is 5. The SMILES string of the molecule is CC(C)(C)OC(=O)N1CCC2(CC1)Oc1ccccc1C(=O)/C2=C\O. The summed E-state index contributed by atoms with van der Waals surface area (Å²) in [7, 11) is 0. The molecule has 0 aromatic heterocycles. The van der Waals surface area contributed by atoms with E-state index in [0.717, 1.165) is 6.26 Å². The van der Waals surface area contributed by atoms with Gasteiger partial charge in [0.25, 0.3) is 0 Å². The molecule has 0 unspecified atom stereocenters. The van der Waals surface area contributed by atoms with Crippen molar-refractivity contribution in [1.82, 2.24) is 4.90 Å². The third kappa shape index (κ3) is 3.21. The second kappa shape index (κ2) is 6.10. The third-order valence-electron chi connectivity index (χ3n) is 4.52. The fourth-order valence-corrected chi connectivity index (χ4v) is 3.29. The Morgan fingerprint density at radius 3 is 2.52 bits per heavy atom. The normalized spacial score (nSPS) is 21.0. The molecule has 2 aliphatic rings. The molecule has 1 saturated heterocycles. The van der Waals surface area contributed by atoms with Crippen LogP contribution < -0.4 is 4.74 Å². The average molecular weight is 345 g/mol. The zero-order valence-corrected chi connectivity index (χ0v) is 14.7. The molecule has 0 aliphatic carbocycles. The predicted molar refractivity (Wildman–Crippen MR) is 91.9 cm³/mol. The summed E-state index contributed by atoms with van der Waals surface area (Å²) in [6.45, 7) is 6.25. The number of carbonyl (C=O) groups excluding carboxylic acids is 2. The monoisotopic (exact) mass is 345 g/mol. The Bertz CT molecular complexity index is 724. The lowest BCUT2D eigenvalue weighted by molar-refractivity contribution is -0.00635. The molecule has 1 N–H and O–H groups in total. The molecule has 0 radical (unpaired) electrons. The molecule has 0 bridgehead atoms. The molecule has 0 saturated carbocycles. The number of amides is 1. The first-order valence-electron chi connectivity index (χ1n) is 8.41. The van der Waals surface area contributed by atoms with E-state index < -0.39 is 11.2 Å². The molecular weight excluding hydrogens is 322 g/mol. The Balaban J connectivity index is 1.80. The van der Waals surface area contributed by atoms with Crippen LogP contribution in [0.1, 0.15) is 44.0 Å². The van der Waals surface area contributed by atoms with Crippen molar-refractivity contribution in [2.75, 3.05) is 13.1 Å². The molecule has 0 atom stereocenters. The minimum Gasteiger partial charge on any atom is -0.515 e. The van der Waals surface area contributed by atoms with Gasteiger partial charge in [-0.3, -0.25) is 4.79 Å². The maximum Gasteiger partial charge on any atom is 0.410 e. The number of fused-ring (bicyclic) bond motifs is 1. The number of aliphatic hydroxyl groups excluding tert-OH is 1. The quantitative estimate of drug-likeness (QED) is 0.575. The Kier molecular flexibility index (Phi) is 4.22. The second-order valence-electron chi connectivity index (χ2n) is 7.43. The van der Waals surface area contributed by atoms with Crippen LogP contribution in [0.25, 0.3) is 0 Å². The first kappa shape index (κ1) is 17.3. The van der Waals surface area contributed by atoms with Gasteiger partial charge in [0.15, 0.2) is 5.78 Å². The fourth-order valence-electron chi connectivity index (χ4n) is 3.29. The largest absolute Gasteiger partial charge is 0.515 e. The van der Waals surface area contributed by atoms with Crippen molar-refractivity contribution in [3.05, 3.63) is 41.7 Å². The number of carbonyl (C=O) groups is 2. The Labute approximate surface area is 147 Å². The van der Waals surface area contributed by atoms with Crippen LogP contribution in [0.15, 0.2) is 36.1 Å². The van der Waals surface area contributed by atoms with Crippen LogP contribution in [-0.2, 0) is 4.74 Å². The van der Waals surface area contributed by atoms with Gasteiger partial charge >= 0.3 is 6.09 Å². The number of nitrogens with zero attached hydrogens (tertiary/aromatic N) is 1. The lowest BCUT2D eigenvalue weighted by atomic mass is 9.78. The number of benzene rings is 1. The van der Waals surface area contributed by atoms with Gasteiger partial charge in [-0.05, 0) is 32.9 Å². The van der Waals surface area contributed by atoms with Crippen LogP contribution in [0.4, 0.5) is 4.79 Å². The number of ether oxygens (including phenoxy) is 2. The highest BCUT2D eigenvalue weighted by molar-refractivity contribution is 6.12. The summed E-state index contributed by atoms with van der Waals surface area (Å²) in [6, 6.07) is 7.01. The summed E-state index contributed by atoms with van der Waals surface area (Å²) in [5.74, 6) is 0.291. The molecule has 1 aromatic rings. The smallest absolute Gasteiger partial charge is 0.410 e. The van der Waals surface area contributed by atoms with E-state index in [1.807, 2.05) is 26.8 Å². The van der Waals surface area contributed by atoms with Crippen LogP contribution in [0.5, 0.6) is 5.75 Å². The topological polar surface area (TPSA) is 76.1 Å². The van der Waals surface area contributed by atoms with E-state index in [-0.39, 0.29) is 17.4 Å². The maximum absolute atomic E-state index is 12.7. The first-order chi connectivity index (χ1) is 11.8. The van der Waals surface area contributed by atoms with Gasteiger partial charge in [0.2, 0.25) is 0 Å². The molecule has 2 heterocycles. The number of rotatable bonds is 0. The van der Waals surface area contributed by atoms with E-state index in [9.17, 15) is 14.7 Å². The van der Waals surface area contributed by atoms with Gasteiger partial charge in [-0.15, -0.1) is 0 Å². The summed E-state index contributed by atoms with van der Waals surface area (Å²) in [4.78, 5) is 26.6. The standard InChI is InChI=1S/C19H23NO5/c1-18(2,3)25-17(23)20-10-8-19(9-11-20)14(12-21)16(22)13-6-4-5-7-15(13)24-19/h4-7,12,21H,8-11H2,1-3H3/b14-12+. The van der Waals surface area contributed by atoms with Crippen molar-refractivity contribution in [2.24, 2.45) is 0 Å². The Morgan fingerprint density at radius 2 is 1.92 bits per heavy atom. The van der Waals surface area contributed by atoms with Crippen molar-refractivity contribution in [1.29, 1.82) is 0 Å². The highest BCUT2D eigenvalue weighted by atomic mass is 16.6. The van der Waals surface area contributed by atoms with Gasteiger partial charge in [-0.1, -0.05) is 12.1 Å². The molecule has 1 amide bonds. The first-order valence-corrected chi connectivity index (χ1v) is 8.41. The number of hydrogen-bond donors (Lipinski definition) is 1. The van der Waals surface area contributed by atoms with Crippen LogP contribution in [-0.4, -0.2) is 46.2 Å². The number of aliphatic hydroxyl groups is 1. The molecule has 1 aromatic carbocycles. The van der Waals surface area contributed by atoms with Gasteiger partial charge in [-0.25, -0.2) is 4.79 Å². The van der Waals surface area contributed by atoms with E-state index >= 15 is 0 Å². The molecule has 6 heteroatoms. The van der Waals surface area contributed by atoms with Crippen LogP contribution in [0.3, 0.4) is 0 Å². The van der Waals surface area contributed by atoms with Crippen LogP contribution in [0, 0.1) is 0 Å². The number of Topliss-reactive ketones (excluding diaryl/α,β-unsaturated/α-hetero) is 1. The fraction of sp³-hybridized carbons (Fsp3) is 0.474. The van der Waals surface area contributed by atoms with E-state index in [0.29, 0.717) is 37.2 Å². The molecule has 6 nitrogen and oxygen atoms in total. The van der Waals surface area contributed by atoms with Gasteiger partial charge in [0, 0.05) is 25.9 Å². The van der Waals surface area contributed by atoms with Crippen molar-refractivity contribution in [3.8, 4) is 5.75 Å². The molecule has 1 fully saturated rings. The lowest BCUT2D eigenvalue weighted by Crippen LogP contribution is -2.54. The van der Waals surface area contributed by atoms with Gasteiger partial charge in [0.1, 0.15) is 17.0 Å². The summed E-state index contributed by atoms with van der Waals surface area (Å²) < 4.78 is 11.5. The molecule has 3 rings (SSSR count). The van der Waals surface area contributed by atoms with Crippen molar-refractivity contribution in [3.63, 3.8) is 0 Å². The molecule has 2 aliphatic heterocycles. The summed E-state index contributed by atoms with van der Waals surface area (Å²) in [5, 5.41) is 9.66. The van der Waals surface area contributed by atoms with Crippen molar-refractivity contribution >= 4 is 11.9 Å². The number of para-hydroxylation sites is 1. The lowest BCUT2D eigenvalue weighted by Gasteiger charge is -2.44. The highest BCUT2D eigenvalue weighted by Crippen LogP contribution is 2.42. The second-order valence-corrected chi connectivity index (χ2v) is 7.43. The van der Waals surface area contributed by atoms with E-state index in [1.165, 1.54) is 0 Å². The predicted octanol–water partition coefficient (Wildman–Crippen LogP) is 3.47. The number of ketones is 1. The Morgan fingerprint density at radius 1 is 1.28 bits per heavy atom. The summed E-state index contributed by atoms with van der Waals surface area (Å²) in [6.07, 6.45) is 1.30. The van der Waals surface area contributed by atoms with Gasteiger partial charge in [0.05, 0.1) is 17.4 Å². The van der Waals surface area contributed by atoms with Crippen molar-refractivity contribution in [2.45, 2.75) is 44.8 Å². The van der Waals surface area contributed by atoms with Crippen LogP contribution in [0.2, 0.25) is 0 Å². The van der Waals surface area contributed by atoms with E-state index in [1.54, 1.807) is 23.1 Å². The highest BCUT2D eigenvalue weighted by Gasteiger charge is 2.48. The maximum atomic E-state index is 12.7. The molecule has 25 heavy (non-hydrogen) atoms. The summed E-state index contributed by atoms with van der Waals surface area (Å²) >= 11 is 0. The third-order valence-corrected chi connectivity index (χ3v) is 4.52. The molecule has 1 spiro atoms. The molecule has 134 valence electrons. The Hall–Kier alpha value is -2.50. The van der Waals surface area contributed by atoms with Gasteiger partial charge in [-0.2, -0.15) is 0 Å². The van der Waals surface area contributed by atoms with E-state index in [4.69, 9.17) is 9.47 Å². The zero-order chi connectivity index (χ0) is 18.2. The minimum absolute atomic E-state index is 0.227. The van der Waals surface area contributed by atoms with Gasteiger partial charge < -0.3 is 19.5 Å². The molecular formula is C19H23NO5. The minimum atomic E-state index is -0.904. The van der Waals surface area contributed by atoms with Crippen molar-refractivity contribution < 1.29 is 24.2 Å². The van der Waals surface area contributed by atoms with E-state index in [2.05, 4.69) is 0 Å². The zero-order valence-electron chi connectivity index (χ0n) is 14.7.